The van der Waals surface area contributed by atoms with Gasteiger partial charge in [-0.25, -0.2) is 0 Å². The molecular weight excluding hydrogens is 126 g/mol. The molecule has 0 bridgehead atoms. The van der Waals surface area contributed by atoms with Crippen molar-refractivity contribution >= 4 is 21.1 Å². The summed E-state index contributed by atoms with van der Waals surface area (Å²) in [5, 5.41) is 0. The van der Waals surface area contributed by atoms with Crippen LogP contribution in [0.25, 0.3) is 0 Å². The van der Waals surface area contributed by atoms with Crippen LogP contribution >= 0.6 is 0 Å². The summed E-state index contributed by atoms with van der Waals surface area (Å²) in [4.78, 5) is 11.0. The molecule has 0 aliphatic rings. The lowest BCUT2D eigenvalue weighted by atomic mass is 9.72. The summed E-state index contributed by atoms with van der Waals surface area (Å²) in [5.41, 5.74) is 0. The Bertz CT molecular complexity index is 114. The highest BCUT2D eigenvalue weighted by atomic mass is 16.5. The number of rotatable bonds is 3. The van der Waals surface area contributed by atoms with Crippen molar-refractivity contribution in [3.8, 4) is 0 Å². The van der Waals surface area contributed by atoms with Gasteiger partial charge in [0.2, 0.25) is 0 Å². The highest BCUT2D eigenvalue weighted by molar-refractivity contribution is 6.86. The summed E-state index contributed by atoms with van der Waals surface area (Å²) in [6, 6.07) is 0. The fraction of sp³-hybridized carbons (Fsp3) is 0.833. The van der Waals surface area contributed by atoms with E-state index in [2.05, 4.69) is 0 Å². The third-order valence-corrected chi connectivity index (χ3v) is 1.66. The zero-order chi connectivity index (χ0) is 8.15. The van der Waals surface area contributed by atoms with Crippen molar-refractivity contribution in [3.63, 3.8) is 0 Å². The van der Waals surface area contributed by atoms with Gasteiger partial charge in [0, 0.05) is 0 Å². The normalized spacial score (nSPS) is 12.8. The van der Waals surface area contributed by atoms with Crippen LogP contribution in [0.5, 0.6) is 0 Å². The fourth-order valence-electron chi connectivity index (χ4n) is 0.546. The number of hydrogen-bond acceptors (Lipinski definition) is 2. The van der Waals surface area contributed by atoms with E-state index in [-0.39, 0.29) is 11.9 Å². The molecular formula is C6H14B2O2. The SMILES string of the molecule is BBOC(=O)C(C)C(C)C. The maximum Gasteiger partial charge on any atom is 0.294 e. The van der Waals surface area contributed by atoms with Gasteiger partial charge in [-0.05, 0) is 5.92 Å². The lowest BCUT2D eigenvalue weighted by molar-refractivity contribution is -0.139. The molecule has 0 rings (SSSR count). The molecule has 0 aromatic rings. The molecule has 0 aliphatic carbocycles. The average molecular weight is 140 g/mol. The van der Waals surface area contributed by atoms with E-state index < -0.39 is 0 Å². The molecule has 1 unspecified atom stereocenters. The van der Waals surface area contributed by atoms with Crippen LogP contribution in [0.4, 0.5) is 0 Å². The van der Waals surface area contributed by atoms with Crippen LogP contribution in [0.15, 0.2) is 0 Å². The predicted octanol–water partition coefficient (Wildman–Crippen LogP) is -0.279. The van der Waals surface area contributed by atoms with Crippen molar-refractivity contribution in [1.82, 2.24) is 0 Å². The Balaban J connectivity index is 3.71. The molecule has 0 fully saturated rings. The van der Waals surface area contributed by atoms with Crippen molar-refractivity contribution in [2.45, 2.75) is 20.8 Å². The maximum atomic E-state index is 11.0. The van der Waals surface area contributed by atoms with Crippen LogP contribution in [0, 0.1) is 11.8 Å². The number of carbonyl (C=O) groups excluding carboxylic acids is 1. The van der Waals surface area contributed by atoms with Gasteiger partial charge in [0.15, 0.2) is 0 Å². The standard InChI is InChI=1S/C6H14B2O2/c1-4(2)5(3)6(9)10-8-7/h4-5,8H,7H2,1-3H3. The van der Waals surface area contributed by atoms with E-state index in [1.165, 1.54) is 0 Å². The Labute approximate surface area is 64.0 Å². The molecule has 0 spiro atoms. The molecule has 0 heterocycles. The predicted molar refractivity (Wildman–Crippen MR) is 45.8 cm³/mol. The van der Waals surface area contributed by atoms with Crippen molar-refractivity contribution in [1.29, 1.82) is 0 Å². The first-order chi connectivity index (χ1) is 4.59. The van der Waals surface area contributed by atoms with Crippen LogP contribution in [0.2, 0.25) is 0 Å². The molecule has 0 aliphatic heterocycles. The zero-order valence-corrected chi connectivity index (χ0v) is 7.18. The van der Waals surface area contributed by atoms with Gasteiger partial charge >= 0.3 is 0 Å². The summed E-state index contributed by atoms with van der Waals surface area (Å²) in [6.07, 6.45) is 0. The van der Waals surface area contributed by atoms with E-state index in [1.807, 2.05) is 28.5 Å². The van der Waals surface area contributed by atoms with Gasteiger partial charge in [-0.15, -0.1) is 0 Å². The second kappa shape index (κ2) is 4.42. The smallest absolute Gasteiger partial charge is 0.294 e. The average Bonchev–Trinajstić information content (AvgIpc) is 1.87. The molecule has 0 radical (unpaired) electrons. The van der Waals surface area contributed by atoms with Crippen molar-refractivity contribution in [2.24, 2.45) is 11.8 Å². The lowest BCUT2D eigenvalue weighted by Crippen LogP contribution is -2.21. The molecule has 4 heteroatoms. The Morgan fingerprint density at radius 1 is 1.50 bits per heavy atom. The zero-order valence-electron chi connectivity index (χ0n) is 7.18. The van der Waals surface area contributed by atoms with Crippen LogP contribution in [0.3, 0.4) is 0 Å². The van der Waals surface area contributed by atoms with E-state index >= 15 is 0 Å². The highest BCUT2D eigenvalue weighted by Gasteiger charge is 2.16. The first-order valence-electron chi connectivity index (χ1n) is 3.76. The van der Waals surface area contributed by atoms with E-state index in [4.69, 9.17) is 4.65 Å². The van der Waals surface area contributed by atoms with Crippen LogP contribution in [0.1, 0.15) is 20.8 Å². The minimum absolute atomic E-state index is 0.0277. The van der Waals surface area contributed by atoms with Gasteiger partial charge in [0.25, 0.3) is 13.3 Å². The van der Waals surface area contributed by atoms with Crippen molar-refractivity contribution < 1.29 is 9.45 Å². The summed E-state index contributed by atoms with van der Waals surface area (Å²) in [7, 11) is 2.31. The molecule has 0 saturated carbocycles. The second-order valence-electron chi connectivity index (χ2n) is 2.78. The third-order valence-electron chi connectivity index (χ3n) is 1.66. The van der Waals surface area contributed by atoms with Crippen molar-refractivity contribution in [3.05, 3.63) is 0 Å². The third kappa shape index (κ3) is 2.95. The molecule has 0 amide bonds. The van der Waals surface area contributed by atoms with Gasteiger partial charge in [0.1, 0.15) is 7.74 Å². The minimum Gasteiger partial charge on any atom is -0.548 e. The molecule has 10 heavy (non-hydrogen) atoms. The molecule has 0 N–H and O–H groups in total. The summed E-state index contributed by atoms with van der Waals surface area (Å²) in [5.74, 6) is 0.316. The summed E-state index contributed by atoms with van der Waals surface area (Å²) in [6.45, 7) is 5.92. The Kier molecular flexibility index (Phi) is 4.24. The van der Waals surface area contributed by atoms with Gasteiger partial charge in [0.05, 0.1) is 5.92 Å². The van der Waals surface area contributed by atoms with E-state index in [0.717, 1.165) is 0 Å². The Morgan fingerprint density at radius 2 is 2.00 bits per heavy atom. The first kappa shape index (κ1) is 9.60. The quantitative estimate of drug-likeness (QED) is 0.503. The Morgan fingerprint density at radius 3 is 2.30 bits per heavy atom. The first-order valence-corrected chi connectivity index (χ1v) is 3.76. The van der Waals surface area contributed by atoms with Crippen LogP contribution < -0.4 is 0 Å². The monoisotopic (exact) mass is 140 g/mol. The molecule has 1 atom stereocenters. The number of carbonyl (C=O) groups is 1. The van der Waals surface area contributed by atoms with Crippen molar-refractivity contribution in [2.75, 3.05) is 0 Å². The molecule has 2 nitrogen and oxygen atoms in total. The molecule has 56 valence electrons. The minimum atomic E-state index is -0.0856. The van der Waals surface area contributed by atoms with Gasteiger partial charge in [-0.3, -0.25) is 4.79 Å². The van der Waals surface area contributed by atoms with Gasteiger partial charge in [-0.1, -0.05) is 20.8 Å². The largest absolute Gasteiger partial charge is 0.548 e. The van der Waals surface area contributed by atoms with E-state index in [1.54, 1.807) is 0 Å². The molecule has 0 saturated heterocycles. The maximum absolute atomic E-state index is 11.0. The van der Waals surface area contributed by atoms with Gasteiger partial charge < -0.3 is 4.65 Å². The highest BCUT2D eigenvalue weighted by Crippen LogP contribution is 2.10. The topological polar surface area (TPSA) is 26.3 Å². The Hall–Kier alpha value is -0.400. The van der Waals surface area contributed by atoms with E-state index in [9.17, 15) is 4.79 Å². The number of hydrogen-bond donors (Lipinski definition) is 0. The van der Waals surface area contributed by atoms with Crippen LogP contribution in [-0.4, -0.2) is 21.1 Å². The fourth-order valence-corrected chi connectivity index (χ4v) is 0.546. The molecule has 0 aromatic heterocycles. The van der Waals surface area contributed by atoms with Crippen LogP contribution in [-0.2, 0) is 9.45 Å². The summed E-state index contributed by atoms with van der Waals surface area (Å²) >= 11 is 0. The van der Waals surface area contributed by atoms with Gasteiger partial charge in [-0.2, -0.15) is 0 Å². The molecule has 0 aromatic carbocycles. The van der Waals surface area contributed by atoms with E-state index in [0.29, 0.717) is 13.3 Å². The lowest BCUT2D eigenvalue weighted by Gasteiger charge is -2.13. The second-order valence-corrected chi connectivity index (χ2v) is 2.78. The summed E-state index contributed by atoms with van der Waals surface area (Å²) < 4.78 is 4.83.